The van der Waals surface area contributed by atoms with Crippen LogP contribution in [-0.2, 0) is 0 Å². The summed E-state index contributed by atoms with van der Waals surface area (Å²) in [4.78, 5) is 0. The first-order valence-corrected chi connectivity index (χ1v) is 11.1. The van der Waals surface area contributed by atoms with Crippen molar-refractivity contribution >= 4 is 21.8 Å². The van der Waals surface area contributed by atoms with Crippen LogP contribution in [0.15, 0.2) is 145 Å². The Kier molecular flexibility index (Phi) is 2.27. The fraction of sp³-hybridized carbons (Fsp3) is 0. The Hall–Kier alpha value is -4.95. The Morgan fingerprint density at radius 3 is 1.39 bits per heavy atom. The zero-order valence-corrected chi connectivity index (χ0v) is 19.1. The molecule has 0 fully saturated rings. The van der Waals surface area contributed by atoms with E-state index in [4.69, 9.17) is 23.3 Å². The van der Waals surface area contributed by atoms with Crippen LogP contribution >= 0.6 is 0 Å². The maximum atomic E-state index is 16.4. The third-order valence-electron chi connectivity index (χ3n) is 5.76. The van der Waals surface area contributed by atoms with Crippen LogP contribution < -0.4 is 0 Å². The predicted octanol–water partition coefficient (Wildman–Crippen LogP) is 9.92. The number of nitrogens with zero attached hydrogens (tertiary/aromatic N) is 1. The van der Waals surface area contributed by atoms with E-state index in [1.807, 2.05) is 0 Å². The third-order valence-corrected chi connectivity index (χ3v) is 5.76. The SMILES string of the molecule is [2H]c1c([2H])c([2H])c(-c2ccc(F)c(-n3c4c([2H])c([2H])c(-c5c([2H])c([2H])c([2H])c([2H])c5[2H])c([2H])c4c4c([2H])c(-c5c([2H])c([2H])c([2H])c([2H])c5[2H])c([2H])c([2H])c43)c2)c([2H])c1[2H]. The molecule has 0 saturated carbocycles. The first-order chi connectivity index (χ1) is 27.5. The van der Waals surface area contributed by atoms with E-state index < -0.39 is 182 Å². The minimum atomic E-state index is -1.14. The van der Waals surface area contributed by atoms with E-state index in [9.17, 15) is 5.48 Å². The number of rotatable bonds is 4. The van der Waals surface area contributed by atoms with Crippen molar-refractivity contribution in [3.8, 4) is 39.1 Å². The van der Waals surface area contributed by atoms with Crippen LogP contribution in [0.2, 0.25) is 0 Å². The van der Waals surface area contributed by atoms with Crippen LogP contribution in [0.1, 0.15) is 28.8 Å². The van der Waals surface area contributed by atoms with Crippen LogP contribution in [0.4, 0.5) is 4.39 Å². The molecule has 0 radical (unpaired) electrons. The van der Waals surface area contributed by atoms with E-state index in [0.29, 0.717) is 0 Å². The van der Waals surface area contributed by atoms with Gasteiger partial charge in [0.25, 0.3) is 0 Å². The van der Waals surface area contributed by atoms with E-state index in [1.54, 1.807) is 0 Å². The van der Waals surface area contributed by atoms with Crippen molar-refractivity contribution in [3.05, 3.63) is 151 Å². The summed E-state index contributed by atoms with van der Waals surface area (Å²) in [7, 11) is 0. The van der Waals surface area contributed by atoms with Gasteiger partial charge in [0.1, 0.15) is 5.82 Å². The van der Waals surface area contributed by atoms with Gasteiger partial charge in [0.05, 0.1) is 45.5 Å². The van der Waals surface area contributed by atoms with Gasteiger partial charge in [0.15, 0.2) is 0 Å². The summed E-state index contributed by atoms with van der Waals surface area (Å²) >= 11 is 0. The van der Waals surface area contributed by atoms with Gasteiger partial charge in [-0.3, -0.25) is 0 Å². The van der Waals surface area contributed by atoms with Crippen LogP contribution in [-0.4, -0.2) is 4.57 Å². The summed E-state index contributed by atoms with van der Waals surface area (Å²) in [6.07, 6.45) is 0. The first kappa shape index (κ1) is 9.41. The van der Waals surface area contributed by atoms with Crippen molar-refractivity contribution < 1.29 is 33.2 Å². The van der Waals surface area contributed by atoms with E-state index >= 15 is 4.39 Å². The quantitative estimate of drug-likeness (QED) is 0.222. The average Bonchev–Trinajstić information content (AvgIpc) is 3.57. The van der Waals surface area contributed by atoms with Crippen molar-refractivity contribution in [2.24, 2.45) is 0 Å². The Balaban J connectivity index is 1.77. The van der Waals surface area contributed by atoms with Gasteiger partial charge in [-0.05, 0) is 69.7 Å². The van der Waals surface area contributed by atoms with Crippen LogP contribution in [0.25, 0.3) is 60.9 Å². The van der Waals surface area contributed by atoms with E-state index in [-0.39, 0.29) is 11.1 Å². The molecule has 0 aliphatic heterocycles. The maximum Gasteiger partial charge on any atom is 0.147 e. The number of benzene rings is 6. The van der Waals surface area contributed by atoms with Crippen LogP contribution in [0.3, 0.4) is 0 Å². The van der Waals surface area contributed by atoms with Crippen molar-refractivity contribution in [2.45, 2.75) is 0 Å². The Bertz CT molecular complexity index is 2850. The molecule has 0 aliphatic rings. The summed E-state index contributed by atoms with van der Waals surface area (Å²) in [5, 5.41) is -1.11. The summed E-state index contributed by atoms with van der Waals surface area (Å²) in [6, 6.07) is -14.4. The molecular formula is C36H24FN. The largest absolute Gasteiger partial charge is 0.306 e. The predicted molar refractivity (Wildman–Crippen MR) is 157 cm³/mol. The molecule has 0 atom stereocenters. The monoisotopic (exact) mass is 510 g/mol. The van der Waals surface area contributed by atoms with Crippen LogP contribution in [0.5, 0.6) is 0 Å². The van der Waals surface area contributed by atoms with Crippen LogP contribution in [0, 0.1) is 5.82 Å². The molecule has 7 aromatic rings. The summed E-state index contributed by atoms with van der Waals surface area (Å²) in [5.74, 6) is -1.14. The second kappa shape index (κ2) is 9.17. The molecule has 1 heterocycles. The van der Waals surface area contributed by atoms with Gasteiger partial charge in [0, 0.05) is 10.8 Å². The molecule has 1 aromatic heterocycles. The standard InChI is InChI=1S/C36H24FN/c37-33-19-16-30(27-14-8-3-9-15-27)24-36(33)38-34-20-17-28(25-10-4-1-5-11-25)22-31(34)32-23-29(18-21-35(32)38)26-12-6-2-7-13-26/h1-24H/i1D,2D,3D,4D,5D,6D,7D,8D,9D,10D,11D,12D,13D,14D,15D,17D,18D,20D,21D,22D,23D. The van der Waals surface area contributed by atoms with Gasteiger partial charge in [-0.25, -0.2) is 4.39 Å². The number of fused-ring (bicyclic) bond motifs is 3. The molecule has 6 aromatic carbocycles. The minimum Gasteiger partial charge on any atom is -0.306 e. The molecule has 1 nitrogen and oxygen atoms in total. The number of aromatic nitrogens is 1. The van der Waals surface area contributed by atoms with Gasteiger partial charge in [-0.2, -0.15) is 0 Å². The van der Waals surface area contributed by atoms with Gasteiger partial charge >= 0.3 is 0 Å². The summed E-state index contributed by atoms with van der Waals surface area (Å²) < 4.78 is 198. The van der Waals surface area contributed by atoms with Crippen molar-refractivity contribution in [1.82, 2.24) is 4.57 Å². The number of hydrogen-bond donors (Lipinski definition) is 0. The minimum absolute atomic E-state index is 0.174. The lowest BCUT2D eigenvalue weighted by Crippen LogP contribution is -1.98. The zero-order valence-electron chi connectivity index (χ0n) is 40.1. The van der Waals surface area contributed by atoms with Crippen molar-refractivity contribution in [2.75, 3.05) is 0 Å². The molecule has 38 heavy (non-hydrogen) atoms. The van der Waals surface area contributed by atoms with E-state index in [0.717, 1.165) is 22.8 Å². The zero-order chi connectivity index (χ0) is 43.8. The lowest BCUT2D eigenvalue weighted by molar-refractivity contribution is 0.621. The topological polar surface area (TPSA) is 4.93 Å². The molecule has 0 saturated heterocycles. The molecule has 2 heteroatoms. The maximum absolute atomic E-state index is 16.4. The second-order valence-corrected chi connectivity index (χ2v) is 7.95. The average molecular weight is 511 g/mol. The van der Waals surface area contributed by atoms with Crippen molar-refractivity contribution in [1.29, 1.82) is 0 Å². The smallest absolute Gasteiger partial charge is 0.147 e. The molecule has 180 valence electrons. The molecule has 0 spiro atoms. The molecule has 0 bridgehead atoms. The Morgan fingerprint density at radius 2 is 0.921 bits per heavy atom. The second-order valence-electron chi connectivity index (χ2n) is 7.95. The number of hydrogen-bond acceptors (Lipinski definition) is 0. The first-order valence-electron chi connectivity index (χ1n) is 21.6. The Labute approximate surface area is 250 Å². The van der Waals surface area contributed by atoms with Crippen molar-refractivity contribution in [3.63, 3.8) is 0 Å². The lowest BCUT2D eigenvalue weighted by atomic mass is 10.0. The van der Waals surface area contributed by atoms with E-state index in [1.165, 1.54) is 0 Å². The third kappa shape index (κ3) is 3.79. The fourth-order valence-electron chi connectivity index (χ4n) is 4.08. The van der Waals surface area contributed by atoms with Gasteiger partial charge in [-0.1, -0.05) is 109 Å². The molecule has 0 aliphatic carbocycles. The molecule has 7 rings (SSSR count). The Morgan fingerprint density at radius 1 is 0.474 bits per heavy atom. The highest BCUT2D eigenvalue weighted by Crippen LogP contribution is 2.38. The molecule has 0 N–H and O–H groups in total. The summed E-state index contributed by atoms with van der Waals surface area (Å²) in [5.41, 5.74) is -5.10. The van der Waals surface area contributed by atoms with Gasteiger partial charge in [0.2, 0.25) is 0 Å². The van der Waals surface area contributed by atoms with Gasteiger partial charge < -0.3 is 4.57 Å². The molecule has 0 amide bonds. The lowest BCUT2D eigenvalue weighted by Gasteiger charge is -2.12. The summed E-state index contributed by atoms with van der Waals surface area (Å²) in [6.45, 7) is 0. The van der Waals surface area contributed by atoms with Gasteiger partial charge in [-0.15, -0.1) is 0 Å². The number of halogens is 1. The normalized spacial score (nSPS) is 19.0. The van der Waals surface area contributed by atoms with E-state index in [2.05, 4.69) is 0 Å². The highest BCUT2D eigenvalue weighted by atomic mass is 19.1. The highest BCUT2D eigenvalue weighted by molar-refractivity contribution is 6.11. The molecular weight excluding hydrogens is 465 g/mol. The molecule has 0 unspecified atom stereocenters. The highest BCUT2D eigenvalue weighted by Gasteiger charge is 2.17. The fourth-order valence-corrected chi connectivity index (χ4v) is 4.08.